The molecule has 0 saturated carbocycles. The van der Waals surface area contributed by atoms with Crippen LogP contribution < -0.4 is 9.47 Å². The molecule has 3 unspecified atom stereocenters. The predicted octanol–water partition coefficient (Wildman–Crippen LogP) is 0.732. The van der Waals surface area contributed by atoms with Gasteiger partial charge in [0.05, 0.1) is 0 Å². The third kappa shape index (κ3) is 4.20. The highest BCUT2D eigenvalue weighted by Gasteiger charge is 2.49. The van der Waals surface area contributed by atoms with Crippen LogP contribution in [0.25, 0.3) is 11.1 Å². The molecule has 0 fully saturated rings. The molecule has 4 heterocycles. The zero-order valence-corrected chi connectivity index (χ0v) is 20.6. The van der Waals surface area contributed by atoms with Gasteiger partial charge in [-0.1, -0.05) is 12.1 Å². The predicted molar refractivity (Wildman–Crippen MR) is 134 cm³/mol. The molecular weight excluding hydrogens is 496 g/mol. The highest BCUT2D eigenvalue weighted by molar-refractivity contribution is 7.97. The van der Waals surface area contributed by atoms with Crippen molar-refractivity contribution in [1.82, 2.24) is 14.2 Å². The molecule has 6 rings (SSSR count). The number of ether oxygens (including phenoxy) is 2. The van der Waals surface area contributed by atoms with Gasteiger partial charge in [0, 0.05) is 43.6 Å². The lowest BCUT2D eigenvalue weighted by molar-refractivity contribution is -0.256. The van der Waals surface area contributed by atoms with Gasteiger partial charge in [-0.3, -0.25) is 4.79 Å². The van der Waals surface area contributed by atoms with Crippen molar-refractivity contribution in [2.24, 2.45) is 0 Å². The number of hydrogen-bond acceptors (Lipinski definition) is 10. The summed E-state index contributed by atoms with van der Waals surface area (Å²) in [6.45, 7) is 3.86. The Morgan fingerprint density at radius 1 is 1.05 bits per heavy atom. The van der Waals surface area contributed by atoms with E-state index in [1.165, 1.54) is 11.9 Å². The number of aryl methyl sites for hydroxylation is 1. The Balaban J connectivity index is 1.09. The molecule has 3 N–H and O–H groups in total. The molecule has 3 aromatic rings. The second kappa shape index (κ2) is 8.53. The molecule has 1 amide bonds. The van der Waals surface area contributed by atoms with Crippen LogP contribution in [0.4, 0.5) is 0 Å². The van der Waals surface area contributed by atoms with Crippen molar-refractivity contribution in [3.05, 3.63) is 59.0 Å². The number of benzene rings is 2. The SMILES string of the molecule is [B]C1(O)Oc2ccc(SN3CC4=C(C3)CN(C(=O)C(O)c3cccc5oc(C)nc35)C4)cc2OC1([B])O. The summed E-state index contributed by atoms with van der Waals surface area (Å²) in [4.78, 5) is 19.9. The summed E-state index contributed by atoms with van der Waals surface area (Å²) in [6.07, 6.45) is -1.33. The number of fused-ring (bicyclic) bond motifs is 2. The number of aliphatic hydroxyl groups excluding tert-OH is 1. The number of aromatic nitrogens is 1. The minimum absolute atomic E-state index is 0.146. The molecule has 4 radical (unpaired) electrons. The van der Waals surface area contributed by atoms with Gasteiger partial charge in [-0.25, -0.2) is 9.29 Å². The van der Waals surface area contributed by atoms with Crippen LogP contribution >= 0.6 is 11.9 Å². The van der Waals surface area contributed by atoms with Crippen molar-refractivity contribution in [3.63, 3.8) is 0 Å². The molecule has 10 nitrogen and oxygen atoms in total. The first kappa shape index (κ1) is 24.4. The number of oxazole rings is 1. The van der Waals surface area contributed by atoms with Crippen molar-refractivity contribution < 1.29 is 34.0 Å². The van der Waals surface area contributed by atoms with E-state index < -0.39 is 17.5 Å². The number of nitrogens with zero attached hydrogens (tertiary/aromatic N) is 3. The number of para-hydroxylation sites is 1. The van der Waals surface area contributed by atoms with E-state index in [0.717, 1.165) is 16.0 Å². The van der Waals surface area contributed by atoms with Crippen LogP contribution in [0, 0.1) is 6.92 Å². The van der Waals surface area contributed by atoms with Gasteiger partial charge in [0.1, 0.15) is 5.52 Å². The van der Waals surface area contributed by atoms with Crippen molar-refractivity contribution in [3.8, 4) is 11.5 Å². The normalized spacial score (nSPS) is 26.1. The molecule has 0 spiro atoms. The van der Waals surface area contributed by atoms with Crippen LogP contribution in [0.2, 0.25) is 0 Å². The average Bonchev–Trinajstić information content (AvgIpc) is 3.50. The zero-order valence-electron chi connectivity index (χ0n) is 19.7. The first-order valence-corrected chi connectivity index (χ1v) is 12.3. The maximum absolute atomic E-state index is 13.1. The van der Waals surface area contributed by atoms with E-state index in [9.17, 15) is 20.1 Å². The van der Waals surface area contributed by atoms with Crippen LogP contribution in [0.3, 0.4) is 0 Å². The number of carbonyl (C=O) groups is 1. The van der Waals surface area contributed by atoms with Gasteiger partial charge in [-0.05, 0) is 47.4 Å². The van der Waals surface area contributed by atoms with E-state index in [-0.39, 0.29) is 17.4 Å². The second-order valence-corrected chi connectivity index (χ2v) is 10.5. The Bertz CT molecular complexity index is 1440. The van der Waals surface area contributed by atoms with Gasteiger partial charge in [0.15, 0.2) is 44.8 Å². The molecule has 3 aliphatic rings. The molecular formula is C24H21B2N3O7S. The Kier molecular flexibility index (Phi) is 5.62. The smallest absolute Gasteiger partial charge is 0.256 e. The lowest BCUT2D eigenvalue weighted by Gasteiger charge is -2.44. The molecule has 1 aromatic heterocycles. The molecule has 3 atom stereocenters. The number of amides is 1. The van der Waals surface area contributed by atoms with Gasteiger partial charge in [0.2, 0.25) is 11.4 Å². The van der Waals surface area contributed by atoms with Crippen LogP contribution in [0.5, 0.6) is 11.5 Å². The first-order chi connectivity index (χ1) is 17.5. The summed E-state index contributed by atoms with van der Waals surface area (Å²) in [5, 5.41) is 30.8. The first-order valence-electron chi connectivity index (χ1n) is 11.5. The van der Waals surface area contributed by atoms with Crippen LogP contribution in [0.15, 0.2) is 56.9 Å². The molecule has 0 saturated heterocycles. The lowest BCUT2D eigenvalue weighted by Crippen LogP contribution is -2.64. The van der Waals surface area contributed by atoms with Crippen LogP contribution in [-0.4, -0.2) is 88.7 Å². The fourth-order valence-corrected chi connectivity index (χ4v) is 5.74. The molecule has 13 heteroatoms. The highest BCUT2D eigenvalue weighted by Crippen LogP contribution is 2.43. The van der Waals surface area contributed by atoms with E-state index in [1.807, 2.05) is 0 Å². The Labute approximate surface area is 218 Å². The molecule has 37 heavy (non-hydrogen) atoms. The Hall–Kier alpha value is -2.96. The summed E-state index contributed by atoms with van der Waals surface area (Å²) in [6, 6.07) is 10.2. The van der Waals surface area contributed by atoms with E-state index in [0.29, 0.717) is 48.7 Å². The van der Waals surface area contributed by atoms with E-state index in [4.69, 9.17) is 29.6 Å². The maximum Gasteiger partial charge on any atom is 0.256 e. The van der Waals surface area contributed by atoms with E-state index in [1.54, 1.807) is 48.2 Å². The van der Waals surface area contributed by atoms with Gasteiger partial charge in [0.25, 0.3) is 5.91 Å². The number of rotatable bonds is 4. The van der Waals surface area contributed by atoms with Crippen LogP contribution in [0.1, 0.15) is 17.6 Å². The minimum Gasteiger partial charge on any atom is -0.462 e. The van der Waals surface area contributed by atoms with E-state index in [2.05, 4.69) is 9.29 Å². The zero-order chi connectivity index (χ0) is 26.1. The monoisotopic (exact) mass is 517 g/mol. The van der Waals surface area contributed by atoms with Crippen molar-refractivity contribution in [2.75, 3.05) is 26.2 Å². The molecule has 0 bridgehead atoms. The molecule has 2 aromatic carbocycles. The van der Waals surface area contributed by atoms with Crippen molar-refractivity contribution in [1.29, 1.82) is 0 Å². The van der Waals surface area contributed by atoms with Gasteiger partial charge in [-0.15, -0.1) is 0 Å². The number of hydrogen-bond donors (Lipinski definition) is 3. The van der Waals surface area contributed by atoms with Gasteiger partial charge >= 0.3 is 0 Å². The number of aliphatic hydroxyl groups is 3. The van der Waals surface area contributed by atoms with Crippen LogP contribution in [-0.2, 0) is 4.79 Å². The third-order valence-electron chi connectivity index (χ3n) is 6.59. The van der Waals surface area contributed by atoms with Crippen molar-refractivity contribution in [2.45, 2.75) is 29.3 Å². The highest BCUT2D eigenvalue weighted by atomic mass is 32.2. The van der Waals surface area contributed by atoms with Gasteiger partial charge < -0.3 is 34.1 Å². The fraction of sp³-hybridized carbons (Fsp3) is 0.333. The Morgan fingerprint density at radius 3 is 2.43 bits per heavy atom. The van der Waals surface area contributed by atoms with Crippen molar-refractivity contribution >= 4 is 44.6 Å². The molecule has 0 aliphatic carbocycles. The third-order valence-corrected chi connectivity index (χ3v) is 7.57. The summed E-state index contributed by atoms with van der Waals surface area (Å²) < 4.78 is 18.1. The lowest BCUT2D eigenvalue weighted by atomic mass is 9.74. The molecule has 186 valence electrons. The van der Waals surface area contributed by atoms with Gasteiger partial charge in [-0.2, -0.15) is 0 Å². The number of carbonyl (C=O) groups excluding carboxylic acids is 1. The minimum atomic E-state index is -2.61. The largest absolute Gasteiger partial charge is 0.462 e. The summed E-state index contributed by atoms with van der Waals surface area (Å²) in [7, 11) is 11.0. The average molecular weight is 517 g/mol. The summed E-state index contributed by atoms with van der Waals surface area (Å²) in [5.41, 5.74) is -1.49. The Morgan fingerprint density at radius 2 is 1.73 bits per heavy atom. The topological polar surface area (TPSA) is 129 Å². The summed E-state index contributed by atoms with van der Waals surface area (Å²) in [5.74, 6) is 0.394. The summed E-state index contributed by atoms with van der Waals surface area (Å²) >= 11 is 1.47. The molecule has 3 aliphatic heterocycles. The second-order valence-electron chi connectivity index (χ2n) is 9.33. The quantitative estimate of drug-likeness (QED) is 0.259. The van der Waals surface area contributed by atoms with E-state index >= 15 is 0 Å². The standard InChI is InChI=1S/C24H21B2N3O7S/c1-12-27-20-16(3-2-4-18(20)34-12)21(30)22(31)28-8-13-10-29(11-14(13)9-28)37-15-5-6-17-19(7-15)36-24(26,33)23(25,32)35-17/h2-7,21,30,32-33H,8-11H2,1H3. The fourth-order valence-electron chi connectivity index (χ4n) is 4.71. The maximum atomic E-state index is 13.1.